The minimum absolute atomic E-state index is 0.104. The molecule has 0 bridgehead atoms. The first-order valence-electron chi connectivity index (χ1n) is 9.22. The van der Waals surface area contributed by atoms with Gasteiger partial charge in [-0.25, -0.2) is 18.6 Å². The zero-order chi connectivity index (χ0) is 23.7. The second kappa shape index (κ2) is 9.31. The molecular formula is C23H11Cl3F2N2O3. The van der Waals surface area contributed by atoms with Gasteiger partial charge in [-0.15, -0.1) is 0 Å². The number of aromatic carboxylic acids is 1. The molecule has 1 aromatic heterocycles. The summed E-state index contributed by atoms with van der Waals surface area (Å²) in [5.41, 5.74) is 1.25. The van der Waals surface area contributed by atoms with E-state index in [1.54, 1.807) is 36.4 Å². The molecule has 0 saturated heterocycles. The summed E-state index contributed by atoms with van der Waals surface area (Å²) in [5.74, 6) is -4.55. The van der Waals surface area contributed by atoms with Crippen LogP contribution >= 0.6 is 34.8 Å². The van der Waals surface area contributed by atoms with E-state index in [1.165, 1.54) is 12.1 Å². The Morgan fingerprint density at radius 1 is 0.848 bits per heavy atom. The van der Waals surface area contributed by atoms with Gasteiger partial charge in [-0.05, 0) is 48.0 Å². The highest BCUT2D eigenvalue weighted by Gasteiger charge is 2.24. The minimum atomic E-state index is -1.43. The number of hydrogen-bond acceptors (Lipinski definition) is 4. The van der Waals surface area contributed by atoms with Gasteiger partial charge in [-0.3, -0.25) is 0 Å². The molecule has 10 heteroatoms. The molecule has 0 unspecified atom stereocenters. The Balaban J connectivity index is 2.02. The second-order valence-electron chi connectivity index (χ2n) is 6.69. The molecular weight excluding hydrogens is 497 g/mol. The lowest BCUT2D eigenvalue weighted by molar-refractivity contribution is 0.0682. The van der Waals surface area contributed by atoms with Gasteiger partial charge in [0.05, 0.1) is 16.3 Å². The first-order chi connectivity index (χ1) is 15.7. The molecule has 4 rings (SSSR count). The molecule has 3 aromatic carbocycles. The van der Waals surface area contributed by atoms with Crippen molar-refractivity contribution in [2.45, 2.75) is 0 Å². The van der Waals surface area contributed by atoms with Crippen LogP contribution in [0.25, 0.3) is 22.4 Å². The lowest BCUT2D eigenvalue weighted by atomic mass is 10.00. The number of carboxylic acids is 1. The van der Waals surface area contributed by atoms with Gasteiger partial charge in [-0.2, -0.15) is 4.98 Å². The highest BCUT2D eigenvalue weighted by atomic mass is 35.5. The molecule has 1 N–H and O–H groups in total. The maximum absolute atomic E-state index is 13.8. The van der Waals surface area contributed by atoms with Crippen LogP contribution in [0, 0.1) is 11.6 Å². The summed E-state index contributed by atoms with van der Waals surface area (Å²) in [6.45, 7) is 0. The first-order valence-corrected chi connectivity index (χ1v) is 10.4. The number of halogens is 5. The maximum Gasteiger partial charge on any atom is 0.374 e. The van der Waals surface area contributed by atoms with E-state index in [9.17, 15) is 18.7 Å². The molecule has 4 aromatic rings. The average Bonchev–Trinajstić information content (AvgIpc) is 2.76. The highest BCUT2D eigenvalue weighted by molar-refractivity contribution is 6.36. The quantitative estimate of drug-likeness (QED) is 0.302. The van der Waals surface area contributed by atoms with E-state index in [4.69, 9.17) is 39.5 Å². The van der Waals surface area contributed by atoms with Gasteiger partial charge in [0.2, 0.25) is 11.7 Å². The fourth-order valence-corrected chi connectivity index (χ4v) is 3.64. The summed E-state index contributed by atoms with van der Waals surface area (Å²) in [6, 6.07) is 14.0. The number of benzene rings is 3. The van der Waals surface area contributed by atoms with Crippen LogP contribution in [-0.2, 0) is 0 Å². The summed E-state index contributed by atoms with van der Waals surface area (Å²) in [4.78, 5) is 19.9. The standard InChI is InChI=1S/C23H11Cl3F2N2O3/c24-12-3-1-11(2-4-12)19-20(15-7-5-13(25)9-16(15)26)29-21(23(31)32)30-22(19)33-14-6-8-17(27)18(28)10-14/h1-10H,(H,31,32). The Morgan fingerprint density at radius 3 is 2.18 bits per heavy atom. The smallest absolute Gasteiger partial charge is 0.374 e. The molecule has 0 amide bonds. The van der Waals surface area contributed by atoms with Crippen LogP contribution < -0.4 is 4.74 Å². The van der Waals surface area contributed by atoms with Crippen molar-refractivity contribution >= 4 is 40.8 Å². The summed E-state index contributed by atoms with van der Waals surface area (Å²) in [5, 5.41) is 10.6. The lowest BCUT2D eigenvalue weighted by Crippen LogP contribution is -2.09. The monoisotopic (exact) mass is 506 g/mol. The summed E-state index contributed by atoms with van der Waals surface area (Å²) in [7, 11) is 0. The molecule has 0 saturated carbocycles. The van der Waals surface area contributed by atoms with Gasteiger partial charge < -0.3 is 9.84 Å². The molecule has 0 fully saturated rings. The third-order valence-corrected chi connectivity index (χ3v) is 5.29. The van der Waals surface area contributed by atoms with E-state index in [0.29, 0.717) is 21.2 Å². The predicted octanol–water partition coefficient (Wildman–Crippen LogP) is 7.54. The van der Waals surface area contributed by atoms with Crippen molar-refractivity contribution in [2.24, 2.45) is 0 Å². The first kappa shape index (κ1) is 22.9. The van der Waals surface area contributed by atoms with Crippen molar-refractivity contribution in [3.63, 3.8) is 0 Å². The molecule has 0 aliphatic carbocycles. The van der Waals surface area contributed by atoms with E-state index in [0.717, 1.165) is 12.1 Å². The molecule has 0 radical (unpaired) electrons. The van der Waals surface area contributed by atoms with Crippen LogP contribution in [0.2, 0.25) is 15.1 Å². The number of ether oxygens (including phenoxy) is 1. The van der Waals surface area contributed by atoms with Crippen LogP contribution in [0.15, 0.2) is 60.7 Å². The third-order valence-electron chi connectivity index (χ3n) is 4.49. The maximum atomic E-state index is 13.8. The highest BCUT2D eigenvalue weighted by Crippen LogP contribution is 2.42. The number of carboxylic acid groups (broad SMARTS) is 1. The van der Waals surface area contributed by atoms with Crippen LogP contribution in [0.4, 0.5) is 8.78 Å². The van der Waals surface area contributed by atoms with Crippen molar-refractivity contribution in [1.82, 2.24) is 9.97 Å². The molecule has 1 heterocycles. The number of hydrogen-bond donors (Lipinski definition) is 1. The molecule has 33 heavy (non-hydrogen) atoms. The van der Waals surface area contributed by atoms with Crippen LogP contribution in [0.1, 0.15) is 10.6 Å². The number of rotatable bonds is 5. The van der Waals surface area contributed by atoms with Crippen molar-refractivity contribution in [2.75, 3.05) is 0 Å². The zero-order valence-corrected chi connectivity index (χ0v) is 18.6. The Hall–Kier alpha value is -3.26. The molecule has 5 nitrogen and oxygen atoms in total. The van der Waals surface area contributed by atoms with E-state index in [2.05, 4.69) is 9.97 Å². The van der Waals surface area contributed by atoms with Crippen molar-refractivity contribution in [3.8, 4) is 34.0 Å². The normalized spacial score (nSPS) is 10.8. The van der Waals surface area contributed by atoms with Gasteiger partial charge in [0.25, 0.3) is 0 Å². The third kappa shape index (κ3) is 4.90. The van der Waals surface area contributed by atoms with Crippen LogP contribution in [0.3, 0.4) is 0 Å². The van der Waals surface area contributed by atoms with Gasteiger partial charge in [-0.1, -0.05) is 46.9 Å². The lowest BCUT2D eigenvalue weighted by Gasteiger charge is -2.16. The summed E-state index contributed by atoms with van der Waals surface area (Å²) >= 11 is 18.4. The number of nitrogens with zero attached hydrogens (tertiary/aromatic N) is 2. The Labute approximate surface area is 201 Å². The average molecular weight is 508 g/mol. The van der Waals surface area contributed by atoms with Crippen LogP contribution in [0.5, 0.6) is 11.6 Å². The Kier molecular flexibility index (Phi) is 6.47. The molecule has 166 valence electrons. The van der Waals surface area contributed by atoms with Crippen molar-refractivity contribution in [3.05, 3.63) is 93.2 Å². The van der Waals surface area contributed by atoms with Gasteiger partial charge in [0, 0.05) is 21.7 Å². The minimum Gasteiger partial charge on any atom is -0.475 e. The van der Waals surface area contributed by atoms with E-state index >= 15 is 0 Å². The number of aromatic nitrogens is 2. The Morgan fingerprint density at radius 2 is 1.55 bits per heavy atom. The largest absolute Gasteiger partial charge is 0.475 e. The summed E-state index contributed by atoms with van der Waals surface area (Å²) < 4.78 is 32.9. The molecule has 0 atom stereocenters. The van der Waals surface area contributed by atoms with Gasteiger partial charge >= 0.3 is 5.97 Å². The SMILES string of the molecule is O=C(O)c1nc(Oc2ccc(F)c(F)c2)c(-c2ccc(Cl)cc2)c(-c2ccc(Cl)cc2Cl)n1. The predicted molar refractivity (Wildman–Crippen MR) is 121 cm³/mol. The molecule has 0 aliphatic rings. The molecule has 0 aliphatic heterocycles. The van der Waals surface area contributed by atoms with Gasteiger partial charge in [0.1, 0.15) is 5.75 Å². The zero-order valence-electron chi connectivity index (χ0n) is 16.3. The van der Waals surface area contributed by atoms with E-state index < -0.39 is 23.4 Å². The fourth-order valence-electron chi connectivity index (χ4n) is 3.01. The topological polar surface area (TPSA) is 72.3 Å². The van der Waals surface area contributed by atoms with Crippen molar-refractivity contribution in [1.29, 1.82) is 0 Å². The van der Waals surface area contributed by atoms with E-state index in [1.807, 2.05) is 0 Å². The van der Waals surface area contributed by atoms with E-state index in [-0.39, 0.29) is 27.9 Å². The van der Waals surface area contributed by atoms with Gasteiger partial charge in [0.15, 0.2) is 11.6 Å². The van der Waals surface area contributed by atoms with Crippen LogP contribution in [-0.4, -0.2) is 21.0 Å². The summed E-state index contributed by atoms with van der Waals surface area (Å²) in [6.07, 6.45) is 0. The Bertz CT molecular complexity index is 1380. The second-order valence-corrected chi connectivity index (χ2v) is 7.97. The van der Waals surface area contributed by atoms with Crippen molar-refractivity contribution < 1.29 is 23.4 Å². The fraction of sp³-hybridized carbons (Fsp3) is 0. The molecule has 0 spiro atoms. The number of carbonyl (C=O) groups is 1.